The van der Waals surface area contributed by atoms with E-state index in [9.17, 15) is 14.7 Å². The van der Waals surface area contributed by atoms with Crippen molar-refractivity contribution in [3.8, 4) is 0 Å². The van der Waals surface area contributed by atoms with Crippen molar-refractivity contribution in [2.45, 2.75) is 83.6 Å². The van der Waals surface area contributed by atoms with E-state index < -0.39 is 5.97 Å². The van der Waals surface area contributed by atoms with E-state index in [1.165, 1.54) is 19.3 Å². The number of aliphatic carboxylic acids is 1. The highest BCUT2D eigenvalue weighted by atomic mass is 16.4. The summed E-state index contributed by atoms with van der Waals surface area (Å²) in [4.78, 5) is 31.3. The predicted octanol–water partition coefficient (Wildman–Crippen LogP) is 4.18. The summed E-state index contributed by atoms with van der Waals surface area (Å²) in [5.74, 6) is -0.286. The normalized spacial score (nSPS) is 20.4. The highest BCUT2D eigenvalue weighted by molar-refractivity contribution is 5.95. The summed E-state index contributed by atoms with van der Waals surface area (Å²) >= 11 is 0. The van der Waals surface area contributed by atoms with Crippen LogP contribution in [0, 0.1) is 5.92 Å². The van der Waals surface area contributed by atoms with E-state index in [-0.39, 0.29) is 17.9 Å². The standard InChI is InChI=1S/C23H35N3O3/c1-2-3-5-12-20-19(22(27)24-18-10-6-4-7-11-18)13-14-21(25-20)26-15-8-9-17(16-26)23(28)29/h13-14,17-18H,2-12,15-16H2,1H3,(H,24,27)(H,28,29). The van der Waals surface area contributed by atoms with Crippen molar-refractivity contribution in [3.05, 3.63) is 23.4 Å². The van der Waals surface area contributed by atoms with E-state index in [2.05, 4.69) is 17.1 Å². The molecule has 1 saturated carbocycles. The zero-order valence-corrected chi connectivity index (χ0v) is 17.7. The van der Waals surface area contributed by atoms with E-state index >= 15 is 0 Å². The van der Waals surface area contributed by atoms with E-state index in [4.69, 9.17) is 4.98 Å². The molecule has 1 saturated heterocycles. The van der Waals surface area contributed by atoms with Crippen molar-refractivity contribution in [3.63, 3.8) is 0 Å². The molecular weight excluding hydrogens is 366 g/mol. The molecule has 0 spiro atoms. The third kappa shape index (κ3) is 5.94. The average molecular weight is 402 g/mol. The lowest BCUT2D eigenvalue weighted by atomic mass is 9.95. The molecule has 6 nitrogen and oxygen atoms in total. The fraction of sp³-hybridized carbons (Fsp3) is 0.696. The van der Waals surface area contributed by atoms with E-state index in [1.807, 2.05) is 12.1 Å². The van der Waals surface area contributed by atoms with Gasteiger partial charge in [-0.3, -0.25) is 9.59 Å². The number of piperidine rings is 1. The second kappa shape index (κ2) is 10.6. The molecule has 6 heteroatoms. The summed E-state index contributed by atoms with van der Waals surface area (Å²) in [6, 6.07) is 4.06. The lowest BCUT2D eigenvalue weighted by Gasteiger charge is -2.32. The summed E-state index contributed by atoms with van der Waals surface area (Å²) in [5.41, 5.74) is 1.53. The van der Waals surface area contributed by atoms with Crippen LogP contribution in [0.25, 0.3) is 0 Å². The molecule has 0 bridgehead atoms. The highest BCUT2D eigenvalue weighted by Gasteiger charge is 2.27. The molecule has 0 radical (unpaired) electrons. The molecule has 0 aromatic carbocycles. The molecule has 2 heterocycles. The molecule has 1 aliphatic heterocycles. The molecule has 2 aliphatic rings. The number of carboxylic acids is 1. The quantitative estimate of drug-likeness (QED) is 0.639. The third-order valence-corrected chi connectivity index (χ3v) is 6.26. The Bertz CT molecular complexity index is 701. The summed E-state index contributed by atoms with van der Waals surface area (Å²) in [7, 11) is 0. The number of carbonyl (C=O) groups is 2. The first-order valence-corrected chi connectivity index (χ1v) is 11.4. The van der Waals surface area contributed by atoms with Gasteiger partial charge in [0.1, 0.15) is 5.82 Å². The summed E-state index contributed by atoms with van der Waals surface area (Å²) in [5, 5.41) is 12.6. The second-order valence-corrected chi connectivity index (χ2v) is 8.55. The number of aromatic nitrogens is 1. The Labute approximate surface area is 174 Å². The number of hydrogen-bond acceptors (Lipinski definition) is 4. The number of carbonyl (C=O) groups excluding carboxylic acids is 1. The van der Waals surface area contributed by atoms with Gasteiger partial charge in [0, 0.05) is 19.1 Å². The maximum Gasteiger partial charge on any atom is 0.308 e. The number of nitrogens with zero attached hydrogens (tertiary/aromatic N) is 2. The predicted molar refractivity (Wildman–Crippen MR) is 114 cm³/mol. The topological polar surface area (TPSA) is 82.5 Å². The van der Waals surface area contributed by atoms with Crippen LogP contribution in [0.5, 0.6) is 0 Å². The van der Waals surface area contributed by atoms with Crippen LogP contribution in [0.2, 0.25) is 0 Å². The number of anilines is 1. The van der Waals surface area contributed by atoms with Gasteiger partial charge < -0.3 is 15.3 Å². The lowest BCUT2D eigenvalue weighted by Crippen LogP contribution is -2.39. The molecule has 3 rings (SSSR count). The fourth-order valence-corrected chi connectivity index (χ4v) is 4.50. The minimum Gasteiger partial charge on any atom is -0.481 e. The van der Waals surface area contributed by atoms with Gasteiger partial charge in [0.25, 0.3) is 5.91 Å². The van der Waals surface area contributed by atoms with Crippen LogP contribution in [0.15, 0.2) is 12.1 Å². The van der Waals surface area contributed by atoms with Gasteiger partial charge in [-0.05, 0) is 50.7 Å². The van der Waals surface area contributed by atoms with Gasteiger partial charge >= 0.3 is 5.97 Å². The van der Waals surface area contributed by atoms with Crippen LogP contribution < -0.4 is 10.2 Å². The van der Waals surface area contributed by atoms with Gasteiger partial charge in [-0.2, -0.15) is 0 Å². The van der Waals surface area contributed by atoms with Crippen molar-refractivity contribution < 1.29 is 14.7 Å². The molecule has 2 N–H and O–H groups in total. The largest absolute Gasteiger partial charge is 0.481 e. The first-order chi connectivity index (χ1) is 14.1. The van der Waals surface area contributed by atoms with E-state index in [0.29, 0.717) is 12.1 Å². The average Bonchev–Trinajstić information content (AvgIpc) is 2.74. The summed E-state index contributed by atoms with van der Waals surface area (Å²) in [6.45, 7) is 3.48. The van der Waals surface area contributed by atoms with Gasteiger partial charge in [0.2, 0.25) is 0 Å². The fourth-order valence-electron chi connectivity index (χ4n) is 4.50. The highest BCUT2D eigenvalue weighted by Crippen LogP contribution is 2.25. The number of carboxylic acid groups (broad SMARTS) is 1. The summed E-state index contributed by atoms with van der Waals surface area (Å²) in [6.07, 6.45) is 11.4. The van der Waals surface area contributed by atoms with Gasteiger partial charge in [-0.25, -0.2) is 4.98 Å². The van der Waals surface area contributed by atoms with Crippen molar-refractivity contribution in [2.24, 2.45) is 5.92 Å². The van der Waals surface area contributed by atoms with Gasteiger partial charge in [0.15, 0.2) is 0 Å². The number of pyridine rings is 1. The van der Waals surface area contributed by atoms with Crippen LogP contribution in [0.4, 0.5) is 5.82 Å². The van der Waals surface area contributed by atoms with E-state index in [1.54, 1.807) is 0 Å². The smallest absolute Gasteiger partial charge is 0.308 e. The molecular formula is C23H35N3O3. The molecule has 1 unspecified atom stereocenters. The molecule has 1 aromatic rings. The molecule has 160 valence electrons. The SMILES string of the molecule is CCCCCc1nc(N2CCCC(C(=O)O)C2)ccc1C(=O)NC1CCCCC1. The summed E-state index contributed by atoms with van der Waals surface area (Å²) < 4.78 is 0. The molecule has 1 amide bonds. The zero-order valence-electron chi connectivity index (χ0n) is 17.7. The van der Waals surface area contributed by atoms with Crippen LogP contribution in [0.1, 0.15) is 87.2 Å². The maximum absolute atomic E-state index is 13.0. The van der Waals surface area contributed by atoms with Crippen molar-refractivity contribution in [1.29, 1.82) is 0 Å². The van der Waals surface area contributed by atoms with Crippen LogP contribution in [0.3, 0.4) is 0 Å². The van der Waals surface area contributed by atoms with Gasteiger partial charge in [-0.15, -0.1) is 0 Å². The minimum absolute atomic E-state index is 0.00972. The van der Waals surface area contributed by atoms with Gasteiger partial charge in [-0.1, -0.05) is 39.0 Å². The zero-order chi connectivity index (χ0) is 20.6. The Morgan fingerprint density at radius 2 is 1.93 bits per heavy atom. The molecule has 1 aliphatic carbocycles. The minimum atomic E-state index is -0.735. The first kappa shape index (κ1) is 21.6. The van der Waals surface area contributed by atoms with E-state index in [0.717, 1.165) is 69.4 Å². The number of hydrogen-bond donors (Lipinski definition) is 2. The number of rotatable bonds is 8. The third-order valence-electron chi connectivity index (χ3n) is 6.26. The number of unbranched alkanes of at least 4 members (excludes halogenated alkanes) is 2. The Morgan fingerprint density at radius 1 is 1.14 bits per heavy atom. The molecule has 2 fully saturated rings. The monoisotopic (exact) mass is 401 g/mol. The Morgan fingerprint density at radius 3 is 2.66 bits per heavy atom. The van der Waals surface area contributed by atoms with Crippen molar-refractivity contribution >= 4 is 17.7 Å². The first-order valence-electron chi connectivity index (χ1n) is 11.4. The van der Waals surface area contributed by atoms with Crippen LogP contribution >= 0.6 is 0 Å². The van der Waals surface area contributed by atoms with Crippen molar-refractivity contribution in [1.82, 2.24) is 10.3 Å². The Kier molecular flexibility index (Phi) is 7.90. The van der Waals surface area contributed by atoms with Gasteiger partial charge in [0.05, 0.1) is 17.2 Å². The maximum atomic E-state index is 13.0. The Hall–Kier alpha value is -2.11. The molecule has 1 aromatic heterocycles. The second-order valence-electron chi connectivity index (χ2n) is 8.55. The number of aryl methyl sites for hydroxylation is 1. The lowest BCUT2D eigenvalue weighted by molar-refractivity contribution is -0.141. The Balaban J connectivity index is 1.76. The van der Waals surface area contributed by atoms with Crippen LogP contribution in [-0.4, -0.2) is 41.1 Å². The van der Waals surface area contributed by atoms with Crippen LogP contribution in [-0.2, 0) is 11.2 Å². The number of amides is 1. The molecule has 1 atom stereocenters. The number of nitrogens with one attached hydrogen (secondary N) is 1. The van der Waals surface area contributed by atoms with Crippen molar-refractivity contribution in [2.75, 3.05) is 18.0 Å². The molecule has 29 heavy (non-hydrogen) atoms.